The van der Waals surface area contributed by atoms with E-state index < -0.39 is 0 Å². The van der Waals surface area contributed by atoms with Gasteiger partial charge in [-0.25, -0.2) is 4.99 Å². The first-order valence-corrected chi connectivity index (χ1v) is 10.8. The highest BCUT2D eigenvalue weighted by Gasteiger charge is 2.09. The molecule has 1 heterocycles. The second-order valence-corrected chi connectivity index (χ2v) is 7.20. The fraction of sp³-hybridized carbons (Fsp3) is 0.375. The lowest BCUT2D eigenvalue weighted by Crippen LogP contribution is -2.36. The fourth-order valence-corrected chi connectivity index (χ4v) is 3.19. The lowest BCUT2D eigenvalue weighted by Gasteiger charge is -2.13. The van der Waals surface area contributed by atoms with E-state index >= 15 is 0 Å². The number of guanidine groups is 1. The van der Waals surface area contributed by atoms with Crippen LogP contribution in [0.2, 0.25) is 0 Å². The number of aromatic nitrogens is 2. The molecule has 0 spiro atoms. The molecule has 1 aromatic heterocycles. The topological polar surface area (TPSA) is 93.8 Å². The summed E-state index contributed by atoms with van der Waals surface area (Å²) in [5, 5.41) is 10.7. The summed E-state index contributed by atoms with van der Waals surface area (Å²) < 4.78 is 16.1. The van der Waals surface area contributed by atoms with Gasteiger partial charge in [0.1, 0.15) is 0 Å². The van der Waals surface area contributed by atoms with Crippen molar-refractivity contribution >= 4 is 29.9 Å². The van der Waals surface area contributed by atoms with Crippen LogP contribution in [0.25, 0.3) is 11.5 Å². The molecule has 0 aliphatic heterocycles. The standard InChI is InChI=1S/C24H31N5O3.HI/c1-5-8-22-28-23(32-29-22)19-10-7-9-17(13-19)15-26-24(25-6-2)27-16-18-11-12-20(30-3)21(14-18)31-4;/h7,9-14H,5-6,8,15-16H2,1-4H3,(H2,25,26,27);1H. The average molecular weight is 565 g/mol. The van der Waals surface area contributed by atoms with Crippen molar-refractivity contribution in [1.29, 1.82) is 0 Å². The molecule has 0 amide bonds. The Balaban J connectivity index is 0.00000385. The molecule has 9 heteroatoms. The summed E-state index contributed by atoms with van der Waals surface area (Å²) in [5.74, 6) is 3.42. The number of ether oxygens (including phenoxy) is 2. The molecule has 0 unspecified atom stereocenters. The Hall–Kier alpha value is -2.82. The van der Waals surface area contributed by atoms with Crippen molar-refractivity contribution in [3.63, 3.8) is 0 Å². The van der Waals surface area contributed by atoms with Crippen molar-refractivity contribution in [2.75, 3.05) is 20.8 Å². The Kier molecular flexibility index (Phi) is 10.9. The molecule has 8 nitrogen and oxygen atoms in total. The van der Waals surface area contributed by atoms with Crippen LogP contribution in [0.5, 0.6) is 11.5 Å². The van der Waals surface area contributed by atoms with Gasteiger partial charge in [0, 0.05) is 25.1 Å². The van der Waals surface area contributed by atoms with Crippen LogP contribution < -0.4 is 20.1 Å². The summed E-state index contributed by atoms with van der Waals surface area (Å²) in [5.41, 5.74) is 3.02. The molecule has 0 saturated heterocycles. The second-order valence-electron chi connectivity index (χ2n) is 7.20. The molecule has 2 N–H and O–H groups in total. The summed E-state index contributed by atoms with van der Waals surface area (Å²) in [6.45, 7) is 6.02. The maximum absolute atomic E-state index is 5.40. The van der Waals surface area contributed by atoms with Crippen LogP contribution in [0.1, 0.15) is 37.2 Å². The highest BCUT2D eigenvalue weighted by molar-refractivity contribution is 14.0. The van der Waals surface area contributed by atoms with Crippen LogP contribution in [0.3, 0.4) is 0 Å². The first-order chi connectivity index (χ1) is 15.7. The van der Waals surface area contributed by atoms with Gasteiger partial charge in [-0.15, -0.1) is 24.0 Å². The summed E-state index contributed by atoms with van der Waals surface area (Å²) in [6, 6.07) is 13.9. The highest BCUT2D eigenvalue weighted by atomic mass is 127. The van der Waals surface area contributed by atoms with E-state index in [1.165, 1.54) is 0 Å². The predicted octanol–water partition coefficient (Wildman–Crippen LogP) is 4.58. The minimum absolute atomic E-state index is 0. The number of nitrogens with zero attached hydrogens (tertiary/aromatic N) is 3. The van der Waals surface area contributed by atoms with E-state index in [1.54, 1.807) is 14.2 Å². The van der Waals surface area contributed by atoms with Gasteiger partial charge in [-0.3, -0.25) is 0 Å². The van der Waals surface area contributed by atoms with Crippen LogP contribution >= 0.6 is 24.0 Å². The van der Waals surface area contributed by atoms with Gasteiger partial charge in [0.15, 0.2) is 23.3 Å². The van der Waals surface area contributed by atoms with E-state index in [0.29, 0.717) is 30.5 Å². The smallest absolute Gasteiger partial charge is 0.257 e. The Morgan fingerprint density at radius 1 is 1.00 bits per heavy atom. The minimum atomic E-state index is 0. The zero-order valence-electron chi connectivity index (χ0n) is 19.6. The Morgan fingerprint density at radius 2 is 1.82 bits per heavy atom. The van der Waals surface area contributed by atoms with Crippen LogP contribution in [-0.4, -0.2) is 36.9 Å². The van der Waals surface area contributed by atoms with Crippen molar-refractivity contribution in [2.45, 2.75) is 39.8 Å². The Bertz CT molecular complexity index is 1040. The molecule has 33 heavy (non-hydrogen) atoms. The summed E-state index contributed by atoms with van der Waals surface area (Å²) in [7, 11) is 3.26. The van der Waals surface area contributed by atoms with Crippen LogP contribution in [-0.2, 0) is 19.5 Å². The zero-order valence-corrected chi connectivity index (χ0v) is 21.9. The average Bonchev–Trinajstić information content (AvgIpc) is 3.30. The molecule has 0 atom stereocenters. The molecule has 0 aliphatic carbocycles. The van der Waals surface area contributed by atoms with Gasteiger partial charge in [-0.05, 0) is 48.7 Å². The van der Waals surface area contributed by atoms with Gasteiger partial charge in [-0.2, -0.15) is 4.98 Å². The van der Waals surface area contributed by atoms with Gasteiger partial charge < -0.3 is 24.6 Å². The van der Waals surface area contributed by atoms with Crippen molar-refractivity contribution in [2.24, 2.45) is 4.99 Å². The Labute approximate surface area is 212 Å². The van der Waals surface area contributed by atoms with Gasteiger partial charge in [0.25, 0.3) is 5.89 Å². The third-order valence-electron chi connectivity index (χ3n) is 4.79. The molecule has 0 aliphatic rings. The summed E-state index contributed by atoms with van der Waals surface area (Å²) in [4.78, 5) is 9.18. The van der Waals surface area contributed by atoms with E-state index in [0.717, 1.165) is 47.9 Å². The maximum Gasteiger partial charge on any atom is 0.257 e. The number of benzene rings is 2. The van der Waals surface area contributed by atoms with E-state index in [2.05, 4.69) is 27.7 Å². The van der Waals surface area contributed by atoms with Crippen LogP contribution in [0, 0.1) is 0 Å². The molecule has 0 fully saturated rings. The lowest BCUT2D eigenvalue weighted by atomic mass is 10.1. The van der Waals surface area contributed by atoms with Crippen molar-refractivity contribution < 1.29 is 14.0 Å². The van der Waals surface area contributed by atoms with Crippen LogP contribution in [0.15, 0.2) is 52.0 Å². The quantitative estimate of drug-likeness (QED) is 0.211. The normalized spacial score (nSPS) is 11.0. The molecule has 3 rings (SSSR count). The molecule has 0 bridgehead atoms. The molecular weight excluding hydrogens is 533 g/mol. The van der Waals surface area contributed by atoms with Crippen molar-refractivity contribution in [3.8, 4) is 23.0 Å². The first-order valence-electron chi connectivity index (χ1n) is 10.8. The summed E-state index contributed by atoms with van der Waals surface area (Å²) >= 11 is 0. The van der Waals surface area contributed by atoms with Crippen LogP contribution in [0.4, 0.5) is 0 Å². The van der Waals surface area contributed by atoms with E-state index in [4.69, 9.17) is 19.0 Å². The van der Waals surface area contributed by atoms with Crippen molar-refractivity contribution in [3.05, 3.63) is 59.4 Å². The number of methoxy groups -OCH3 is 2. The highest BCUT2D eigenvalue weighted by Crippen LogP contribution is 2.27. The van der Waals surface area contributed by atoms with Gasteiger partial charge in [0.05, 0.1) is 20.8 Å². The molecule has 2 aromatic carbocycles. The molecule has 3 aromatic rings. The molecule has 0 saturated carbocycles. The van der Waals surface area contributed by atoms with Gasteiger partial charge in [-0.1, -0.05) is 30.3 Å². The molecule has 178 valence electrons. The zero-order chi connectivity index (χ0) is 22.8. The van der Waals surface area contributed by atoms with Gasteiger partial charge >= 0.3 is 0 Å². The van der Waals surface area contributed by atoms with E-state index in [-0.39, 0.29) is 24.0 Å². The number of aryl methyl sites for hydroxylation is 1. The fourth-order valence-electron chi connectivity index (χ4n) is 3.19. The van der Waals surface area contributed by atoms with Crippen molar-refractivity contribution in [1.82, 2.24) is 20.8 Å². The largest absolute Gasteiger partial charge is 0.493 e. The third-order valence-corrected chi connectivity index (χ3v) is 4.79. The van der Waals surface area contributed by atoms with E-state index in [1.807, 2.05) is 49.4 Å². The number of hydrogen-bond acceptors (Lipinski definition) is 6. The first kappa shape index (κ1) is 26.4. The molecular formula is C24H32IN5O3. The molecule has 0 radical (unpaired) electrons. The number of hydrogen-bond donors (Lipinski definition) is 2. The number of aliphatic imine (C=N–C) groups is 1. The number of rotatable bonds is 10. The third kappa shape index (κ3) is 7.62. The predicted molar refractivity (Wildman–Crippen MR) is 140 cm³/mol. The Morgan fingerprint density at radius 3 is 2.55 bits per heavy atom. The van der Waals surface area contributed by atoms with Gasteiger partial charge in [0.2, 0.25) is 0 Å². The number of nitrogens with one attached hydrogen (secondary N) is 2. The van der Waals surface area contributed by atoms with E-state index in [9.17, 15) is 0 Å². The second kappa shape index (κ2) is 13.7. The SMILES string of the molecule is CCCc1noc(-c2cccc(CN=C(NCC)NCc3ccc(OC)c(OC)c3)c2)n1.I. The number of halogens is 1. The lowest BCUT2D eigenvalue weighted by molar-refractivity contribution is 0.354. The minimum Gasteiger partial charge on any atom is -0.493 e. The monoisotopic (exact) mass is 565 g/mol. The maximum atomic E-state index is 5.40. The summed E-state index contributed by atoms with van der Waals surface area (Å²) in [6.07, 6.45) is 1.79.